The summed E-state index contributed by atoms with van der Waals surface area (Å²) in [6.07, 6.45) is 3.54. The fourth-order valence-corrected chi connectivity index (χ4v) is 3.31. The smallest absolute Gasteiger partial charge is 0.271 e. The zero-order valence-corrected chi connectivity index (χ0v) is 13.9. The Morgan fingerprint density at radius 3 is 2.62 bits per heavy atom. The maximum atomic E-state index is 12.8. The van der Waals surface area contributed by atoms with Crippen molar-refractivity contribution >= 4 is 28.8 Å². The van der Waals surface area contributed by atoms with Gasteiger partial charge in [-0.25, -0.2) is 4.98 Å². The van der Waals surface area contributed by atoms with E-state index in [4.69, 9.17) is 11.6 Å². The van der Waals surface area contributed by atoms with Gasteiger partial charge in [0.1, 0.15) is 11.3 Å². The SMILES string of the molecule is O=C(c1cccc2nccn12)N1CCN(c2cccc(Cl)c2)CC1. The minimum Gasteiger partial charge on any atom is -0.368 e. The molecular weight excluding hydrogens is 324 g/mol. The molecule has 0 aliphatic carbocycles. The molecule has 24 heavy (non-hydrogen) atoms. The molecule has 0 bridgehead atoms. The Labute approximate surface area is 145 Å². The molecule has 1 aliphatic heterocycles. The Bertz CT molecular complexity index is 883. The first-order chi connectivity index (χ1) is 11.7. The van der Waals surface area contributed by atoms with E-state index >= 15 is 0 Å². The number of halogens is 1. The van der Waals surface area contributed by atoms with E-state index < -0.39 is 0 Å². The third-order valence-corrected chi connectivity index (χ3v) is 4.62. The fraction of sp³-hybridized carbons (Fsp3) is 0.222. The molecule has 4 rings (SSSR count). The number of imidazole rings is 1. The Hall–Kier alpha value is -2.53. The van der Waals surface area contributed by atoms with E-state index in [1.165, 1.54) is 0 Å². The summed E-state index contributed by atoms with van der Waals surface area (Å²) < 4.78 is 1.84. The standard InChI is InChI=1S/C18H17ClN4O/c19-14-3-1-4-15(13-14)21-9-11-22(12-10-21)18(24)16-5-2-6-17-20-7-8-23(16)17/h1-8,13H,9-12H2. The molecule has 5 nitrogen and oxygen atoms in total. The molecule has 2 aromatic heterocycles. The molecule has 1 aromatic carbocycles. The van der Waals surface area contributed by atoms with Gasteiger partial charge in [0.15, 0.2) is 0 Å². The molecule has 0 radical (unpaired) electrons. The molecular formula is C18H17ClN4O. The summed E-state index contributed by atoms with van der Waals surface area (Å²) in [4.78, 5) is 21.2. The van der Waals surface area contributed by atoms with Gasteiger partial charge >= 0.3 is 0 Å². The molecule has 6 heteroatoms. The van der Waals surface area contributed by atoms with Crippen molar-refractivity contribution in [3.63, 3.8) is 0 Å². The number of anilines is 1. The number of aromatic nitrogens is 2. The number of pyridine rings is 1. The molecule has 1 fully saturated rings. The van der Waals surface area contributed by atoms with Gasteiger partial charge in [0.05, 0.1) is 0 Å². The van der Waals surface area contributed by atoms with Crippen LogP contribution in [-0.2, 0) is 0 Å². The number of fused-ring (bicyclic) bond motifs is 1. The zero-order valence-electron chi connectivity index (χ0n) is 13.1. The van der Waals surface area contributed by atoms with Crippen LogP contribution in [0, 0.1) is 0 Å². The third-order valence-electron chi connectivity index (χ3n) is 4.39. The van der Waals surface area contributed by atoms with Crippen LogP contribution in [0.1, 0.15) is 10.5 Å². The summed E-state index contributed by atoms with van der Waals surface area (Å²) >= 11 is 6.07. The zero-order chi connectivity index (χ0) is 16.5. The highest BCUT2D eigenvalue weighted by Gasteiger charge is 2.23. The van der Waals surface area contributed by atoms with Crippen molar-refractivity contribution in [2.45, 2.75) is 0 Å². The maximum Gasteiger partial charge on any atom is 0.271 e. The molecule has 122 valence electrons. The Morgan fingerprint density at radius 2 is 1.83 bits per heavy atom. The van der Waals surface area contributed by atoms with Crippen LogP contribution in [0.5, 0.6) is 0 Å². The quantitative estimate of drug-likeness (QED) is 0.720. The number of carbonyl (C=O) groups excluding carboxylic acids is 1. The number of nitrogens with zero attached hydrogens (tertiary/aromatic N) is 4. The lowest BCUT2D eigenvalue weighted by molar-refractivity contribution is 0.0739. The number of hydrogen-bond donors (Lipinski definition) is 0. The van der Waals surface area contributed by atoms with E-state index in [-0.39, 0.29) is 5.91 Å². The van der Waals surface area contributed by atoms with Gasteiger partial charge in [-0.05, 0) is 30.3 Å². The normalized spacial score (nSPS) is 15.0. The summed E-state index contributed by atoms with van der Waals surface area (Å²) in [5, 5.41) is 0.734. The number of piperazine rings is 1. The van der Waals surface area contributed by atoms with Gasteiger partial charge < -0.3 is 9.80 Å². The maximum absolute atomic E-state index is 12.8. The highest BCUT2D eigenvalue weighted by molar-refractivity contribution is 6.30. The highest BCUT2D eigenvalue weighted by Crippen LogP contribution is 2.21. The number of benzene rings is 1. The van der Waals surface area contributed by atoms with Gasteiger partial charge in [0, 0.05) is 49.3 Å². The van der Waals surface area contributed by atoms with E-state index in [1.807, 2.05) is 51.9 Å². The largest absolute Gasteiger partial charge is 0.368 e. The Balaban J connectivity index is 1.49. The van der Waals surface area contributed by atoms with E-state index in [2.05, 4.69) is 16.0 Å². The predicted molar refractivity (Wildman–Crippen MR) is 94.8 cm³/mol. The van der Waals surface area contributed by atoms with Crippen LogP contribution in [0.25, 0.3) is 5.65 Å². The van der Waals surface area contributed by atoms with Gasteiger partial charge in [-0.15, -0.1) is 0 Å². The molecule has 3 aromatic rings. The lowest BCUT2D eigenvalue weighted by atomic mass is 10.2. The van der Waals surface area contributed by atoms with Gasteiger partial charge in [0.25, 0.3) is 5.91 Å². The molecule has 0 unspecified atom stereocenters. The summed E-state index contributed by atoms with van der Waals surface area (Å²) in [5.74, 6) is 0.0457. The monoisotopic (exact) mass is 340 g/mol. The van der Waals surface area contributed by atoms with Crippen LogP contribution in [0.3, 0.4) is 0 Å². The van der Waals surface area contributed by atoms with Crippen LogP contribution in [0.4, 0.5) is 5.69 Å². The van der Waals surface area contributed by atoms with Crippen molar-refractivity contribution in [1.82, 2.24) is 14.3 Å². The van der Waals surface area contributed by atoms with E-state index in [1.54, 1.807) is 6.20 Å². The van der Waals surface area contributed by atoms with E-state index in [9.17, 15) is 4.79 Å². The average molecular weight is 341 g/mol. The molecule has 0 N–H and O–H groups in total. The lowest BCUT2D eigenvalue weighted by Crippen LogP contribution is -2.49. The number of amides is 1. The van der Waals surface area contributed by atoms with E-state index in [0.717, 1.165) is 29.4 Å². The van der Waals surface area contributed by atoms with Crippen LogP contribution in [-0.4, -0.2) is 46.4 Å². The molecule has 1 saturated heterocycles. The molecule has 1 aliphatic rings. The van der Waals surface area contributed by atoms with Crippen molar-refractivity contribution in [3.05, 3.63) is 65.6 Å². The summed E-state index contributed by atoms with van der Waals surface area (Å²) in [6.45, 7) is 2.98. The van der Waals surface area contributed by atoms with Gasteiger partial charge in [-0.2, -0.15) is 0 Å². The van der Waals surface area contributed by atoms with Crippen LogP contribution in [0.15, 0.2) is 54.9 Å². The topological polar surface area (TPSA) is 40.9 Å². The van der Waals surface area contributed by atoms with Crippen LogP contribution in [0.2, 0.25) is 5.02 Å². The predicted octanol–water partition coefficient (Wildman–Crippen LogP) is 2.95. The second-order valence-corrected chi connectivity index (χ2v) is 6.26. The fourth-order valence-electron chi connectivity index (χ4n) is 3.12. The third kappa shape index (κ3) is 2.71. The van der Waals surface area contributed by atoms with Crippen molar-refractivity contribution in [1.29, 1.82) is 0 Å². The Morgan fingerprint density at radius 1 is 1.04 bits per heavy atom. The van der Waals surface area contributed by atoms with Crippen LogP contribution >= 0.6 is 11.6 Å². The molecule has 1 amide bonds. The van der Waals surface area contributed by atoms with Crippen molar-refractivity contribution in [2.75, 3.05) is 31.1 Å². The summed E-state index contributed by atoms with van der Waals surface area (Å²) in [6, 6.07) is 13.5. The van der Waals surface area contributed by atoms with Gasteiger partial charge in [0.2, 0.25) is 0 Å². The molecule has 0 spiro atoms. The number of hydrogen-bond acceptors (Lipinski definition) is 3. The first kappa shape index (κ1) is 15.0. The highest BCUT2D eigenvalue weighted by atomic mass is 35.5. The lowest BCUT2D eigenvalue weighted by Gasteiger charge is -2.36. The minimum atomic E-state index is 0.0457. The van der Waals surface area contributed by atoms with Crippen molar-refractivity contribution in [2.24, 2.45) is 0 Å². The van der Waals surface area contributed by atoms with Crippen molar-refractivity contribution < 1.29 is 4.79 Å². The van der Waals surface area contributed by atoms with Crippen LogP contribution < -0.4 is 4.90 Å². The second-order valence-electron chi connectivity index (χ2n) is 5.83. The average Bonchev–Trinajstić information content (AvgIpc) is 3.10. The molecule has 0 saturated carbocycles. The minimum absolute atomic E-state index is 0.0457. The Kier molecular flexibility index (Phi) is 3.86. The van der Waals surface area contributed by atoms with E-state index in [0.29, 0.717) is 18.8 Å². The van der Waals surface area contributed by atoms with Gasteiger partial charge in [-0.1, -0.05) is 23.7 Å². The molecule has 0 atom stereocenters. The first-order valence-corrected chi connectivity index (χ1v) is 8.32. The summed E-state index contributed by atoms with van der Waals surface area (Å²) in [5.41, 5.74) is 2.55. The number of carbonyl (C=O) groups is 1. The molecule has 3 heterocycles. The second kappa shape index (κ2) is 6.17. The van der Waals surface area contributed by atoms with Crippen molar-refractivity contribution in [3.8, 4) is 0 Å². The number of rotatable bonds is 2. The van der Waals surface area contributed by atoms with Gasteiger partial charge in [-0.3, -0.25) is 9.20 Å². The summed E-state index contributed by atoms with van der Waals surface area (Å²) in [7, 11) is 0. The first-order valence-electron chi connectivity index (χ1n) is 7.94.